The number of hydrogen-bond acceptors (Lipinski definition) is 5. The van der Waals surface area contributed by atoms with Crippen LogP contribution in [0.3, 0.4) is 0 Å². The lowest BCUT2D eigenvalue weighted by atomic mass is 9.82. The second-order valence-corrected chi connectivity index (χ2v) is 11.4. The number of amides is 2. The molecule has 3 fully saturated rings. The van der Waals surface area contributed by atoms with Gasteiger partial charge in [-0.25, -0.2) is 12.7 Å². The highest BCUT2D eigenvalue weighted by atomic mass is 32.2. The van der Waals surface area contributed by atoms with E-state index in [1.54, 1.807) is 6.92 Å². The van der Waals surface area contributed by atoms with Crippen LogP contribution in [0.4, 0.5) is 0 Å². The van der Waals surface area contributed by atoms with Gasteiger partial charge in [0.2, 0.25) is 15.9 Å². The third kappa shape index (κ3) is 3.67. The van der Waals surface area contributed by atoms with Crippen LogP contribution in [0.5, 0.6) is 0 Å². The van der Waals surface area contributed by atoms with Crippen molar-refractivity contribution in [1.29, 1.82) is 0 Å². The standard InChI is InChI=1S/C22H33N3O4S/c1-16-10-7-5-3-4-6-8-12-19-22(2,23-20(26)18-11-9-15-24(16)18)21(27)25(19)30(28,29)17-13-14-17/h8,12,17-19H,1,3-7,9-11,13-15H2,2H3,(H,23,26)/b12-8-/t18-,19-,22+/m0/s1. The van der Waals surface area contributed by atoms with E-state index in [4.69, 9.17) is 0 Å². The first-order chi connectivity index (χ1) is 14.3. The summed E-state index contributed by atoms with van der Waals surface area (Å²) < 4.78 is 26.7. The number of carbonyl (C=O) groups excluding carboxylic acids is 2. The van der Waals surface area contributed by atoms with E-state index in [9.17, 15) is 18.0 Å². The Balaban J connectivity index is 1.61. The quantitative estimate of drug-likeness (QED) is 0.532. The van der Waals surface area contributed by atoms with Crippen LogP contribution in [0, 0.1) is 0 Å². The van der Waals surface area contributed by atoms with E-state index in [1.807, 2.05) is 12.2 Å². The van der Waals surface area contributed by atoms with Gasteiger partial charge in [-0.2, -0.15) is 0 Å². The van der Waals surface area contributed by atoms with Crippen LogP contribution in [-0.2, 0) is 19.6 Å². The molecule has 3 heterocycles. The molecule has 0 radical (unpaired) electrons. The number of allylic oxidation sites excluding steroid dienone is 2. The summed E-state index contributed by atoms with van der Waals surface area (Å²) in [6.45, 7) is 6.67. The first kappa shape index (κ1) is 21.4. The van der Waals surface area contributed by atoms with Crippen LogP contribution in [0.15, 0.2) is 24.4 Å². The number of fused-ring (bicyclic) bond motifs is 2. The Labute approximate surface area is 179 Å². The molecule has 0 aromatic carbocycles. The van der Waals surface area contributed by atoms with Crippen LogP contribution in [0.1, 0.15) is 71.1 Å². The van der Waals surface area contributed by atoms with E-state index < -0.39 is 32.8 Å². The zero-order valence-electron chi connectivity index (χ0n) is 17.8. The summed E-state index contributed by atoms with van der Waals surface area (Å²) in [5, 5.41) is 2.48. The number of rotatable bonds is 2. The smallest absolute Gasteiger partial charge is 0.264 e. The van der Waals surface area contributed by atoms with E-state index in [0.717, 1.165) is 67.9 Å². The highest BCUT2D eigenvalue weighted by molar-refractivity contribution is 7.90. The molecule has 4 rings (SSSR count). The van der Waals surface area contributed by atoms with Gasteiger partial charge in [0, 0.05) is 12.2 Å². The molecular weight excluding hydrogens is 402 g/mol. The summed E-state index contributed by atoms with van der Waals surface area (Å²) in [4.78, 5) is 28.3. The number of nitrogens with one attached hydrogen (secondary N) is 1. The molecule has 2 saturated heterocycles. The maximum atomic E-state index is 13.2. The highest BCUT2D eigenvalue weighted by Gasteiger charge is 2.64. The summed E-state index contributed by atoms with van der Waals surface area (Å²) in [5.41, 5.74) is -0.245. The Morgan fingerprint density at radius 1 is 1.10 bits per heavy atom. The molecule has 0 spiro atoms. The topological polar surface area (TPSA) is 86.8 Å². The fraction of sp³-hybridized carbons (Fsp3) is 0.727. The van der Waals surface area contributed by atoms with E-state index >= 15 is 0 Å². The number of hydrogen-bond donors (Lipinski definition) is 1. The van der Waals surface area contributed by atoms with Gasteiger partial charge in [-0.1, -0.05) is 31.6 Å². The van der Waals surface area contributed by atoms with Crippen molar-refractivity contribution in [3.05, 3.63) is 24.4 Å². The van der Waals surface area contributed by atoms with E-state index in [1.165, 1.54) is 0 Å². The number of nitrogens with zero attached hydrogens (tertiary/aromatic N) is 2. The molecule has 30 heavy (non-hydrogen) atoms. The Hall–Kier alpha value is -1.83. The summed E-state index contributed by atoms with van der Waals surface area (Å²) in [7, 11) is -3.66. The zero-order valence-corrected chi connectivity index (χ0v) is 18.6. The van der Waals surface area contributed by atoms with Crippen LogP contribution in [0.25, 0.3) is 0 Å². The molecule has 4 aliphatic rings. The lowest BCUT2D eigenvalue weighted by Crippen LogP contribution is -2.80. The van der Waals surface area contributed by atoms with E-state index in [0.29, 0.717) is 12.8 Å². The largest absolute Gasteiger partial charge is 0.363 e. The minimum absolute atomic E-state index is 0.207. The molecule has 1 aliphatic carbocycles. The zero-order chi connectivity index (χ0) is 21.5. The van der Waals surface area contributed by atoms with Crippen molar-refractivity contribution >= 4 is 21.8 Å². The lowest BCUT2D eigenvalue weighted by Gasteiger charge is -2.52. The van der Waals surface area contributed by atoms with Crippen molar-refractivity contribution in [2.24, 2.45) is 0 Å². The van der Waals surface area contributed by atoms with Crippen molar-refractivity contribution in [2.45, 2.75) is 94.0 Å². The molecule has 1 saturated carbocycles. The molecule has 7 nitrogen and oxygen atoms in total. The molecule has 1 N–H and O–H groups in total. The number of carbonyl (C=O) groups is 2. The minimum atomic E-state index is -3.66. The molecule has 3 atom stereocenters. The van der Waals surface area contributed by atoms with Crippen molar-refractivity contribution in [1.82, 2.24) is 14.5 Å². The Morgan fingerprint density at radius 2 is 1.83 bits per heavy atom. The van der Waals surface area contributed by atoms with Gasteiger partial charge in [0.1, 0.15) is 11.6 Å². The molecule has 166 valence electrons. The van der Waals surface area contributed by atoms with E-state index in [2.05, 4.69) is 16.8 Å². The molecule has 0 unspecified atom stereocenters. The maximum Gasteiger partial charge on any atom is 0.264 e. The maximum absolute atomic E-state index is 13.2. The van der Waals surface area contributed by atoms with Crippen LogP contribution < -0.4 is 5.32 Å². The SMILES string of the molecule is C=C1CCCCCC/C=C\[C@@H]2N(S(=O)(=O)C3CC3)C(=O)[C@]2(C)NC(=O)[C@@H]2CCCN12. The second-order valence-electron chi connectivity index (χ2n) is 9.28. The van der Waals surface area contributed by atoms with Gasteiger partial charge in [0.05, 0.1) is 11.3 Å². The Bertz CT molecular complexity index is 864. The highest BCUT2D eigenvalue weighted by Crippen LogP contribution is 2.41. The third-order valence-electron chi connectivity index (χ3n) is 6.96. The van der Waals surface area contributed by atoms with E-state index in [-0.39, 0.29) is 11.9 Å². The number of β-lactam (4-membered cyclic amide) rings is 1. The van der Waals surface area contributed by atoms with Gasteiger partial charge < -0.3 is 10.2 Å². The van der Waals surface area contributed by atoms with Gasteiger partial charge in [0.25, 0.3) is 5.91 Å². The molecule has 0 aromatic heterocycles. The van der Waals surface area contributed by atoms with Crippen LogP contribution in [0.2, 0.25) is 0 Å². The molecule has 0 bridgehead atoms. The molecule has 2 amide bonds. The van der Waals surface area contributed by atoms with Gasteiger partial charge >= 0.3 is 0 Å². The average molecular weight is 436 g/mol. The normalized spacial score (nSPS) is 34.9. The predicted octanol–water partition coefficient (Wildman–Crippen LogP) is 2.45. The summed E-state index contributed by atoms with van der Waals surface area (Å²) in [6.07, 6.45) is 12.6. The molecular formula is C22H33N3O4S. The Morgan fingerprint density at radius 3 is 2.57 bits per heavy atom. The van der Waals surface area contributed by atoms with Gasteiger partial charge in [-0.05, 0) is 58.3 Å². The van der Waals surface area contributed by atoms with Crippen molar-refractivity contribution in [3.63, 3.8) is 0 Å². The molecule has 8 heteroatoms. The van der Waals surface area contributed by atoms with Gasteiger partial charge in [-0.15, -0.1) is 0 Å². The number of sulfonamides is 1. The van der Waals surface area contributed by atoms with Gasteiger partial charge in [-0.3, -0.25) is 9.59 Å². The monoisotopic (exact) mass is 435 g/mol. The van der Waals surface area contributed by atoms with Gasteiger partial charge in [0.15, 0.2) is 0 Å². The summed E-state index contributed by atoms with van der Waals surface area (Å²) >= 11 is 0. The van der Waals surface area contributed by atoms with Crippen molar-refractivity contribution in [3.8, 4) is 0 Å². The first-order valence-electron chi connectivity index (χ1n) is 11.3. The predicted molar refractivity (Wildman–Crippen MR) is 115 cm³/mol. The fourth-order valence-electron chi connectivity index (χ4n) is 4.92. The fourth-order valence-corrected chi connectivity index (χ4v) is 6.99. The third-order valence-corrected chi connectivity index (χ3v) is 9.21. The minimum Gasteiger partial charge on any atom is -0.363 e. The van der Waals surface area contributed by atoms with Crippen molar-refractivity contribution < 1.29 is 18.0 Å². The lowest BCUT2D eigenvalue weighted by molar-refractivity contribution is -0.152. The Kier molecular flexibility index (Phi) is 5.72. The molecule has 3 aliphatic heterocycles. The average Bonchev–Trinajstić information content (AvgIpc) is 3.45. The van der Waals surface area contributed by atoms with Crippen LogP contribution >= 0.6 is 0 Å². The van der Waals surface area contributed by atoms with Crippen LogP contribution in [-0.4, -0.2) is 58.9 Å². The summed E-state index contributed by atoms with van der Waals surface area (Å²) in [5.74, 6) is -0.730. The first-order valence-corrected chi connectivity index (χ1v) is 12.8. The molecule has 0 aromatic rings. The summed E-state index contributed by atoms with van der Waals surface area (Å²) in [6, 6.07) is -1.01. The van der Waals surface area contributed by atoms with Crippen molar-refractivity contribution in [2.75, 3.05) is 6.54 Å². The second kappa shape index (κ2) is 8.02.